The standard InChI is InChI=1S/C11H18N6OSi/c1-19(2)5-3-4-12-11(18)17-10-8-9(14-6-13-8)15-7-16-10/h6-7,19H,3-5H2,1-2H3,(H3,12,13,14,15,16,17,18). The Morgan fingerprint density at radius 2 is 2.21 bits per heavy atom. The molecule has 0 aromatic carbocycles. The number of anilines is 1. The summed E-state index contributed by atoms with van der Waals surface area (Å²) in [5.41, 5.74) is 1.17. The third-order valence-corrected chi connectivity index (χ3v) is 4.26. The highest BCUT2D eigenvalue weighted by atomic mass is 28.3. The van der Waals surface area contributed by atoms with Crippen molar-refractivity contribution in [1.29, 1.82) is 0 Å². The first kappa shape index (κ1) is 13.5. The molecule has 0 aliphatic rings. The van der Waals surface area contributed by atoms with Crippen LogP contribution >= 0.6 is 0 Å². The van der Waals surface area contributed by atoms with E-state index in [1.807, 2.05) is 0 Å². The van der Waals surface area contributed by atoms with Gasteiger partial charge in [0.25, 0.3) is 0 Å². The molecule has 0 aliphatic carbocycles. The van der Waals surface area contributed by atoms with Crippen LogP contribution in [0, 0.1) is 0 Å². The molecule has 2 heterocycles. The van der Waals surface area contributed by atoms with E-state index in [2.05, 4.69) is 43.7 Å². The number of imidazole rings is 1. The molecule has 2 amide bonds. The van der Waals surface area contributed by atoms with Gasteiger partial charge < -0.3 is 10.3 Å². The Morgan fingerprint density at radius 3 is 3.00 bits per heavy atom. The first-order valence-electron chi connectivity index (χ1n) is 6.35. The molecule has 102 valence electrons. The lowest BCUT2D eigenvalue weighted by Crippen LogP contribution is -2.30. The highest BCUT2D eigenvalue weighted by Gasteiger charge is 2.08. The maximum atomic E-state index is 11.7. The molecule has 0 radical (unpaired) electrons. The van der Waals surface area contributed by atoms with Gasteiger partial charge >= 0.3 is 6.03 Å². The van der Waals surface area contributed by atoms with Gasteiger partial charge in [-0.1, -0.05) is 19.1 Å². The average Bonchev–Trinajstić information content (AvgIpc) is 2.84. The number of amides is 2. The number of aromatic nitrogens is 4. The van der Waals surface area contributed by atoms with Gasteiger partial charge in [0.2, 0.25) is 0 Å². The van der Waals surface area contributed by atoms with Crippen LogP contribution in [-0.2, 0) is 0 Å². The minimum absolute atomic E-state index is 0.250. The first-order valence-corrected chi connectivity index (χ1v) is 9.48. The van der Waals surface area contributed by atoms with Crippen molar-refractivity contribution in [3.63, 3.8) is 0 Å². The smallest absolute Gasteiger partial charge is 0.320 e. The average molecular weight is 278 g/mol. The van der Waals surface area contributed by atoms with E-state index in [9.17, 15) is 4.79 Å². The molecule has 2 aromatic rings. The maximum Gasteiger partial charge on any atom is 0.320 e. The number of hydrogen-bond donors (Lipinski definition) is 3. The topological polar surface area (TPSA) is 95.6 Å². The molecule has 0 aliphatic heterocycles. The Hall–Kier alpha value is -1.96. The van der Waals surface area contributed by atoms with Crippen molar-refractivity contribution in [2.75, 3.05) is 11.9 Å². The van der Waals surface area contributed by atoms with Gasteiger partial charge in [-0.2, -0.15) is 0 Å². The van der Waals surface area contributed by atoms with Crippen LogP contribution in [0.4, 0.5) is 10.6 Å². The van der Waals surface area contributed by atoms with Gasteiger partial charge in [-0.05, 0) is 6.42 Å². The quantitative estimate of drug-likeness (QED) is 0.568. The van der Waals surface area contributed by atoms with Crippen LogP contribution in [0.1, 0.15) is 6.42 Å². The summed E-state index contributed by atoms with van der Waals surface area (Å²) in [4.78, 5) is 26.6. The van der Waals surface area contributed by atoms with Crippen molar-refractivity contribution in [1.82, 2.24) is 25.3 Å². The van der Waals surface area contributed by atoms with E-state index in [1.54, 1.807) is 0 Å². The number of hydrogen-bond acceptors (Lipinski definition) is 4. The fourth-order valence-electron chi connectivity index (χ4n) is 1.72. The second-order valence-electron chi connectivity index (χ2n) is 4.74. The van der Waals surface area contributed by atoms with Crippen LogP contribution in [0.15, 0.2) is 12.7 Å². The number of rotatable bonds is 5. The van der Waals surface area contributed by atoms with E-state index in [4.69, 9.17) is 0 Å². The number of urea groups is 1. The third kappa shape index (κ3) is 3.75. The molecule has 0 fully saturated rings. The molecule has 0 bridgehead atoms. The summed E-state index contributed by atoms with van der Waals surface area (Å²) >= 11 is 0. The fraction of sp³-hybridized carbons (Fsp3) is 0.455. The van der Waals surface area contributed by atoms with Crippen molar-refractivity contribution < 1.29 is 4.79 Å². The summed E-state index contributed by atoms with van der Waals surface area (Å²) in [6, 6.07) is 0.985. The molecule has 19 heavy (non-hydrogen) atoms. The van der Waals surface area contributed by atoms with Gasteiger partial charge in [-0.3, -0.25) is 5.32 Å². The van der Waals surface area contributed by atoms with E-state index in [0.29, 0.717) is 23.5 Å². The molecule has 2 rings (SSSR count). The van der Waals surface area contributed by atoms with Crippen LogP contribution in [0.5, 0.6) is 0 Å². The van der Waals surface area contributed by atoms with E-state index >= 15 is 0 Å². The Labute approximate surface area is 112 Å². The zero-order chi connectivity index (χ0) is 13.7. The molecule has 0 unspecified atom stereocenters. The molecule has 8 heteroatoms. The van der Waals surface area contributed by atoms with Crippen LogP contribution in [-0.4, -0.2) is 41.3 Å². The Balaban J connectivity index is 1.87. The number of carbonyl (C=O) groups is 1. The van der Waals surface area contributed by atoms with Gasteiger partial charge in [0.15, 0.2) is 11.5 Å². The molecule has 3 N–H and O–H groups in total. The fourth-order valence-corrected chi connectivity index (χ4v) is 2.74. The van der Waals surface area contributed by atoms with Crippen LogP contribution in [0.3, 0.4) is 0 Å². The molecule has 2 aromatic heterocycles. The van der Waals surface area contributed by atoms with E-state index < -0.39 is 8.80 Å². The van der Waals surface area contributed by atoms with E-state index in [0.717, 1.165) is 6.42 Å². The van der Waals surface area contributed by atoms with Crippen molar-refractivity contribution in [3.8, 4) is 0 Å². The zero-order valence-electron chi connectivity index (χ0n) is 11.1. The summed E-state index contributed by atoms with van der Waals surface area (Å²) in [6.07, 6.45) is 3.93. The number of nitrogens with zero attached hydrogens (tertiary/aromatic N) is 3. The molecule has 0 spiro atoms. The predicted octanol–water partition coefficient (Wildman–Crippen LogP) is 1.35. The zero-order valence-corrected chi connectivity index (χ0v) is 12.3. The second kappa shape index (κ2) is 6.28. The summed E-state index contributed by atoms with van der Waals surface area (Å²) in [6.45, 7) is 5.29. The summed E-state index contributed by atoms with van der Waals surface area (Å²) in [7, 11) is -0.532. The van der Waals surface area contributed by atoms with Crippen LogP contribution in [0.25, 0.3) is 11.2 Å². The SMILES string of the molecule is C[SiH](C)CCCNC(=O)Nc1ncnc2nc[nH]c12. The number of nitrogens with one attached hydrogen (secondary N) is 3. The van der Waals surface area contributed by atoms with Crippen molar-refractivity contribution in [3.05, 3.63) is 12.7 Å². The molecular weight excluding hydrogens is 260 g/mol. The monoisotopic (exact) mass is 278 g/mol. The Kier molecular flexibility index (Phi) is 4.45. The highest BCUT2D eigenvalue weighted by molar-refractivity contribution is 6.55. The number of carbonyl (C=O) groups excluding carboxylic acids is 1. The third-order valence-electron chi connectivity index (χ3n) is 2.70. The van der Waals surface area contributed by atoms with Crippen LogP contribution in [0.2, 0.25) is 19.1 Å². The van der Waals surface area contributed by atoms with Crippen molar-refractivity contribution in [2.45, 2.75) is 25.6 Å². The normalized spacial score (nSPS) is 10.9. The van der Waals surface area contributed by atoms with Gasteiger partial charge in [0.1, 0.15) is 11.8 Å². The van der Waals surface area contributed by atoms with Gasteiger partial charge in [-0.25, -0.2) is 19.7 Å². The lowest BCUT2D eigenvalue weighted by molar-refractivity contribution is 0.252. The second-order valence-corrected chi connectivity index (χ2v) is 8.11. The van der Waals surface area contributed by atoms with Gasteiger partial charge in [0, 0.05) is 15.3 Å². The number of aromatic amines is 1. The number of fused-ring (bicyclic) bond motifs is 1. The van der Waals surface area contributed by atoms with E-state index in [-0.39, 0.29) is 6.03 Å². The Bertz CT molecular complexity index is 555. The Morgan fingerprint density at radius 1 is 1.37 bits per heavy atom. The molecule has 0 saturated carbocycles. The van der Waals surface area contributed by atoms with Gasteiger partial charge in [0.05, 0.1) is 6.33 Å². The largest absolute Gasteiger partial charge is 0.340 e. The molecule has 0 atom stereocenters. The summed E-state index contributed by atoms with van der Waals surface area (Å²) in [5, 5.41) is 5.52. The summed E-state index contributed by atoms with van der Waals surface area (Å²) < 4.78 is 0. The lowest BCUT2D eigenvalue weighted by atomic mass is 10.4. The molecule has 0 saturated heterocycles. The predicted molar refractivity (Wildman–Crippen MR) is 77.0 cm³/mol. The minimum Gasteiger partial charge on any atom is -0.340 e. The maximum absolute atomic E-state index is 11.7. The molecular formula is C11H18N6OSi. The van der Waals surface area contributed by atoms with E-state index in [1.165, 1.54) is 18.7 Å². The molecule has 7 nitrogen and oxygen atoms in total. The van der Waals surface area contributed by atoms with Gasteiger partial charge in [-0.15, -0.1) is 0 Å². The number of H-pyrrole nitrogens is 1. The van der Waals surface area contributed by atoms with Crippen molar-refractivity contribution in [2.24, 2.45) is 0 Å². The minimum atomic E-state index is -0.532. The highest BCUT2D eigenvalue weighted by Crippen LogP contribution is 2.13. The van der Waals surface area contributed by atoms with Crippen LogP contribution < -0.4 is 10.6 Å². The summed E-state index contributed by atoms with van der Waals surface area (Å²) in [5.74, 6) is 0.443. The lowest BCUT2D eigenvalue weighted by Gasteiger charge is -2.07. The van der Waals surface area contributed by atoms with Crippen molar-refractivity contribution >= 4 is 31.8 Å². The first-order chi connectivity index (χ1) is 9.16.